The molecule has 0 aliphatic carbocycles. The fraction of sp³-hybridized carbons (Fsp3) is 0.750. The number of rotatable bonds is 3. The first kappa shape index (κ1) is 8.04. The van der Waals surface area contributed by atoms with Crippen LogP contribution in [-0.4, -0.2) is 23.7 Å². The molecule has 0 heterocycles. The van der Waals surface area contributed by atoms with Crippen molar-refractivity contribution in [3.05, 3.63) is 0 Å². The lowest BCUT2D eigenvalue weighted by atomic mass is 10.7. The van der Waals surface area contributed by atoms with E-state index in [-0.39, 0.29) is 0 Å². The normalized spacial score (nSPS) is 8.62. The lowest BCUT2D eigenvalue weighted by Crippen LogP contribution is -2.30. The number of hydrogen-bond donors (Lipinski definition) is 2. The summed E-state index contributed by atoms with van der Waals surface area (Å²) in [5.74, 6) is 1.05. The molecule has 3 N–H and O–H groups in total. The Labute approximate surface area is 59.2 Å². The molecule has 4 heteroatoms. The summed E-state index contributed by atoms with van der Waals surface area (Å²) < 4.78 is 0. The highest BCUT2D eigenvalue weighted by Crippen LogP contribution is 1.85. The van der Waals surface area contributed by atoms with Gasteiger partial charge in [-0.1, -0.05) is 0 Å². The average Bonchev–Trinajstić information content (AvgIpc) is 1.66. The van der Waals surface area contributed by atoms with Gasteiger partial charge in [-0.05, 0) is 18.5 Å². The van der Waals surface area contributed by atoms with Gasteiger partial charge < -0.3 is 11.1 Å². The number of nitrogens with one attached hydrogen (secondary N) is 1. The van der Waals surface area contributed by atoms with Gasteiger partial charge in [0.2, 0.25) is 0 Å². The molecule has 0 aliphatic heterocycles. The molecule has 0 radical (unpaired) electrons. The molecule has 2 nitrogen and oxygen atoms in total. The van der Waals surface area contributed by atoms with Crippen LogP contribution in [0.4, 0.5) is 0 Å². The van der Waals surface area contributed by atoms with Gasteiger partial charge in [-0.25, -0.2) is 0 Å². The topological polar surface area (TPSA) is 38.0 Å². The van der Waals surface area contributed by atoms with Crippen LogP contribution in [-0.2, 0) is 0 Å². The zero-order valence-corrected chi connectivity index (χ0v) is 6.44. The zero-order chi connectivity index (χ0) is 6.41. The molecule has 0 spiro atoms. The minimum absolute atomic E-state index is 0.388. The predicted octanol–water partition coefficient (Wildman–Crippen LogP) is 0.183. The van der Waals surface area contributed by atoms with Gasteiger partial charge in [0.25, 0.3) is 0 Å². The van der Waals surface area contributed by atoms with Crippen LogP contribution in [0.1, 0.15) is 0 Å². The first-order valence-electron chi connectivity index (χ1n) is 2.29. The van der Waals surface area contributed by atoms with Crippen LogP contribution in [0, 0.1) is 0 Å². The van der Waals surface area contributed by atoms with Crippen molar-refractivity contribution in [1.29, 1.82) is 0 Å². The fourth-order valence-corrected chi connectivity index (χ4v) is 0.685. The van der Waals surface area contributed by atoms with Crippen molar-refractivity contribution in [1.82, 2.24) is 5.32 Å². The lowest BCUT2D eigenvalue weighted by molar-refractivity contribution is 0.985. The van der Waals surface area contributed by atoms with E-state index >= 15 is 0 Å². The van der Waals surface area contributed by atoms with Crippen molar-refractivity contribution in [2.75, 3.05) is 18.6 Å². The SMILES string of the molecule is CSCCNC(N)=S. The average molecular weight is 150 g/mol. The third-order valence-corrected chi connectivity index (χ3v) is 1.36. The maximum absolute atomic E-state index is 5.14. The third kappa shape index (κ3) is 6.04. The Balaban J connectivity index is 2.82. The van der Waals surface area contributed by atoms with Gasteiger partial charge >= 0.3 is 0 Å². The number of nitrogens with two attached hydrogens (primary N) is 1. The van der Waals surface area contributed by atoms with E-state index in [0.29, 0.717) is 5.11 Å². The van der Waals surface area contributed by atoms with Crippen molar-refractivity contribution >= 4 is 29.1 Å². The number of thioether (sulfide) groups is 1. The summed E-state index contributed by atoms with van der Waals surface area (Å²) in [6, 6.07) is 0. The summed E-state index contributed by atoms with van der Waals surface area (Å²) in [6.45, 7) is 0.872. The highest BCUT2D eigenvalue weighted by atomic mass is 32.2. The van der Waals surface area contributed by atoms with Gasteiger partial charge in [-0.15, -0.1) is 0 Å². The van der Waals surface area contributed by atoms with Gasteiger partial charge in [-0.3, -0.25) is 0 Å². The maximum Gasteiger partial charge on any atom is 0.163 e. The van der Waals surface area contributed by atoms with E-state index in [4.69, 9.17) is 5.73 Å². The van der Waals surface area contributed by atoms with E-state index in [2.05, 4.69) is 17.5 Å². The summed E-state index contributed by atoms with van der Waals surface area (Å²) >= 11 is 6.33. The second kappa shape index (κ2) is 5.18. The Kier molecular flexibility index (Phi) is 5.21. The standard InChI is InChI=1S/C4H10N2S2/c1-8-3-2-6-4(5)7/h2-3H2,1H3,(H3,5,6,7). The van der Waals surface area contributed by atoms with Gasteiger partial charge in [0.1, 0.15) is 0 Å². The summed E-state index contributed by atoms with van der Waals surface area (Å²) in [6.07, 6.45) is 2.04. The van der Waals surface area contributed by atoms with Crippen LogP contribution in [0.3, 0.4) is 0 Å². The minimum Gasteiger partial charge on any atom is -0.376 e. The molecular weight excluding hydrogens is 140 g/mol. The Morgan fingerprint density at radius 1 is 1.88 bits per heavy atom. The Morgan fingerprint density at radius 3 is 2.88 bits per heavy atom. The quantitative estimate of drug-likeness (QED) is 0.445. The minimum atomic E-state index is 0.388. The molecule has 0 saturated carbocycles. The van der Waals surface area contributed by atoms with Gasteiger partial charge in [0, 0.05) is 12.3 Å². The van der Waals surface area contributed by atoms with Crippen molar-refractivity contribution in [2.24, 2.45) is 5.73 Å². The molecule has 0 bridgehead atoms. The summed E-state index contributed by atoms with van der Waals surface area (Å²) in [4.78, 5) is 0. The fourth-order valence-electron chi connectivity index (χ4n) is 0.276. The maximum atomic E-state index is 5.14. The molecule has 8 heavy (non-hydrogen) atoms. The second-order valence-corrected chi connectivity index (χ2v) is 2.71. The highest BCUT2D eigenvalue weighted by molar-refractivity contribution is 7.98. The molecule has 0 aromatic heterocycles. The molecule has 0 saturated heterocycles. The molecule has 0 aromatic rings. The van der Waals surface area contributed by atoms with Crippen molar-refractivity contribution in [3.8, 4) is 0 Å². The summed E-state index contributed by atoms with van der Waals surface area (Å²) in [7, 11) is 0. The van der Waals surface area contributed by atoms with E-state index in [9.17, 15) is 0 Å². The second-order valence-electron chi connectivity index (χ2n) is 1.28. The smallest absolute Gasteiger partial charge is 0.163 e. The van der Waals surface area contributed by atoms with E-state index in [0.717, 1.165) is 12.3 Å². The Bertz CT molecular complexity index is 74.4. The van der Waals surface area contributed by atoms with E-state index in [1.54, 1.807) is 11.8 Å². The molecule has 0 fully saturated rings. The molecule has 0 aliphatic rings. The lowest BCUT2D eigenvalue weighted by Gasteiger charge is -1.98. The Morgan fingerprint density at radius 2 is 2.50 bits per heavy atom. The van der Waals surface area contributed by atoms with E-state index in [1.165, 1.54) is 0 Å². The van der Waals surface area contributed by atoms with Crippen LogP contribution in [0.25, 0.3) is 0 Å². The first-order valence-corrected chi connectivity index (χ1v) is 4.10. The number of thiocarbonyl (C=S) groups is 1. The van der Waals surface area contributed by atoms with Gasteiger partial charge in [-0.2, -0.15) is 11.8 Å². The molecule has 0 atom stereocenters. The van der Waals surface area contributed by atoms with Crippen LogP contribution < -0.4 is 11.1 Å². The van der Waals surface area contributed by atoms with Gasteiger partial charge in [0.05, 0.1) is 0 Å². The first-order chi connectivity index (χ1) is 3.77. The molecule has 48 valence electrons. The van der Waals surface area contributed by atoms with Crippen molar-refractivity contribution in [2.45, 2.75) is 0 Å². The van der Waals surface area contributed by atoms with Crippen LogP contribution >= 0.6 is 24.0 Å². The molecule has 0 amide bonds. The van der Waals surface area contributed by atoms with Crippen molar-refractivity contribution in [3.63, 3.8) is 0 Å². The van der Waals surface area contributed by atoms with Gasteiger partial charge in [0.15, 0.2) is 5.11 Å². The predicted molar refractivity (Wildman–Crippen MR) is 43.2 cm³/mol. The largest absolute Gasteiger partial charge is 0.376 e. The monoisotopic (exact) mass is 150 g/mol. The third-order valence-electron chi connectivity index (χ3n) is 0.605. The summed E-state index contributed by atoms with van der Waals surface area (Å²) in [5, 5.41) is 3.22. The number of hydrogen-bond acceptors (Lipinski definition) is 2. The zero-order valence-electron chi connectivity index (χ0n) is 4.81. The van der Waals surface area contributed by atoms with Crippen LogP contribution in [0.5, 0.6) is 0 Å². The molecule has 0 aromatic carbocycles. The molecular formula is C4H10N2S2. The van der Waals surface area contributed by atoms with E-state index < -0.39 is 0 Å². The van der Waals surface area contributed by atoms with E-state index in [1.807, 2.05) is 6.26 Å². The highest BCUT2D eigenvalue weighted by Gasteiger charge is 1.82. The van der Waals surface area contributed by atoms with Crippen LogP contribution in [0.2, 0.25) is 0 Å². The van der Waals surface area contributed by atoms with Crippen LogP contribution in [0.15, 0.2) is 0 Å². The Hall–Kier alpha value is 0.0400. The molecule has 0 unspecified atom stereocenters. The summed E-state index contributed by atoms with van der Waals surface area (Å²) in [5.41, 5.74) is 5.14. The molecule has 0 rings (SSSR count). The van der Waals surface area contributed by atoms with Crippen molar-refractivity contribution < 1.29 is 0 Å².